The summed E-state index contributed by atoms with van der Waals surface area (Å²) in [6.07, 6.45) is 5.76. The third-order valence-corrected chi connectivity index (χ3v) is 6.93. The number of nitrogens with two attached hydrogens (primary N) is 1. The lowest BCUT2D eigenvalue weighted by molar-refractivity contribution is -0.391. The van der Waals surface area contributed by atoms with Crippen molar-refractivity contribution in [1.82, 2.24) is 0 Å². The van der Waals surface area contributed by atoms with Gasteiger partial charge in [0.1, 0.15) is 18.2 Å². The largest absolute Gasteiger partial charge is 0.493 e. The Balaban J connectivity index is 1.61. The first-order valence-electron chi connectivity index (χ1n) is 11.0. The van der Waals surface area contributed by atoms with Gasteiger partial charge in [0.05, 0.1) is 23.9 Å². The molecular formula is C24H34N3O4Si+. The summed E-state index contributed by atoms with van der Waals surface area (Å²) in [6, 6.07) is 10.7. The van der Waals surface area contributed by atoms with Crippen LogP contribution in [0, 0.1) is 0 Å². The minimum absolute atomic E-state index is 0.155. The summed E-state index contributed by atoms with van der Waals surface area (Å²) >= 11 is 0. The Kier molecular flexibility index (Phi) is 8.44. The second kappa shape index (κ2) is 11.3. The van der Waals surface area contributed by atoms with Crippen LogP contribution < -0.4 is 20.2 Å². The second-order valence-electron chi connectivity index (χ2n) is 9.01. The number of aromatic amines is 1. The molecule has 7 nitrogen and oxygen atoms in total. The fourth-order valence-electron chi connectivity index (χ4n) is 3.37. The van der Waals surface area contributed by atoms with E-state index in [-0.39, 0.29) is 12.5 Å². The van der Waals surface area contributed by atoms with E-state index < -0.39 is 8.07 Å². The summed E-state index contributed by atoms with van der Waals surface area (Å²) in [5.41, 5.74) is 8.35. The van der Waals surface area contributed by atoms with Gasteiger partial charge >= 0.3 is 5.88 Å². The molecule has 0 saturated heterocycles. The molecule has 172 valence electrons. The van der Waals surface area contributed by atoms with Crippen LogP contribution in [0.15, 0.2) is 53.8 Å². The molecule has 0 radical (unpaired) electrons. The number of allylic oxidation sites excluding steroid dienone is 1. The average Bonchev–Trinajstić information content (AvgIpc) is 3.15. The fourth-order valence-corrected chi connectivity index (χ4v) is 4.12. The van der Waals surface area contributed by atoms with Crippen LogP contribution in [0.4, 0.5) is 0 Å². The van der Waals surface area contributed by atoms with Crippen LogP contribution in [-0.4, -0.2) is 45.4 Å². The van der Waals surface area contributed by atoms with Crippen molar-refractivity contribution in [3.8, 4) is 17.4 Å². The lowest BCUT2D eigenvalue weighted by Crippen LogP contribution is -2.21. The highest BCUT2D eigenvalue weighted by molar-refractivity contribution is 6.76. The van der Waals surface area contributed by atoms with Crippen LogP contribution >= 0.6 is 0 Å². The normalized spacial score (nSPS) is 16.2. The monoisotopic (exact) mass is 456 g/mol. The van der Waals surface area contributed by atoms with E-state index in [1.807, 2.05) is 36.5 Å². The van der Waals surface area contributed by atoms with Gasteiger partial charge in [-0.25, -0.2) is 0 Å². The van der Waals surface area contributed by atoms with E-state index in [9.17, 15) is 5.11 Å². The Bertz CT molecular complexity index is 939. The van der Waals surface area contributed by atoms with Crippen molar-refractivity contribution in [2.45, 2.75) is 38.0 Å². The van der Waals surface area contributed by atoms with Crippen molar-refractivity contribution in [1.29, 1.82) is 0 Å². The van der Waals surface area contributed by atoms with Crippen LogP contribution in [0.2, 0.25) is 25.7 Å². The summed E-state index contributed by atoms with van der Waals surface area (Å²) in [5.74, 6) is 2.34. The van der Waals surface area contributed by atoms with Crippen molar-refractivity contribution in [3.05, 3.63) is 59.9 Å². The number of hydrogen-bond donors (Lipinski definition) is 2. The zero-order valence-electron chi connectivity index (χ0n) is 19.1. The van der Waals surface area contributed by atoms with Gasteiger partial charge in [-0.1, -0.05) is 25.7 Å². The van der Waals surface area contributed by atoms with E-state index in [0.717, 1.165) is 35.2 Å². The molecule has 0 amide bonds. The number of nitrogens with zero attached hydrogens (tertiary/aromatic N) is 1. The van der Waals surface area contributed by atoms with Gasteiger partial charge in [-0.15, -0.1) is 0 Å². The summed E-state index contributed by atoms with van der Waals surface area (Å²) in [6.45, 7) is 8.75. The topological polar surface area (TPSA) is 100 Å². The van der Waals surface area contributed by atoms with Gasteiger partial charge in [0, 0.05) is 38.8 Å². The van der Waals surface area contributed by atoms with Gasteiger partial charge in [-0.3, -0.25) is 4.99 Å². The molecule has 4 N–H and O–H groups in total. The zero-order valence-corrected chi connectivity index (χ0v) is 20.1. The van der Waals surface area contributed by atoms with Crippen molar-refractivity contribution < 1.29 is 24.3 Å². The maximum absolute atomic E-state index is 9.19. The number of rotatable bonds is 11. The molecule has 1 aliphatic heterocycles. The number of benzene rings is 1. The van der Waals surface area contributed by atoms with Gasteiger partial charge in [0.15, 0.2) is 6.20 Å². The average molecular weight is 457 g/mol. The van der Waals surface area contributed by atoms with Crippen LogP contribution in [0.25, 0.3) is 0 Å². The SMILES string of the molecule is C[Si](C)(C)CCOC/N=C(/C=C\N)c1ccc(Oc2ccc3c(c2)OCC3CCO)[nH+]c1. The first-order valence-corrected chi connectivity index (χ1v) is 14.7. The van der Waals surface area contributed by atoms with Crippen LogP contribution in [0.1, 0.15) is 23.5 Å². The lowest BCUT2D eigenvalue weighted by Gasteiger charge is -2.14. The minimum Gasteiger partial charge on any atom is -0.493 e. The molecule has 0 saturated carbocycles. The Hall–Kier alpha value is -2.68. The number of aromatic nitrogens is 1. The smallest absolute Gasteiger partial charge is 0.371 e. The molecule has 8 heteroatoms. The molecular weight excluding hydrogens is 422 g/mol. The third kappa shape index (κ3) is 6.91. The van der Waals surface area contributed by atoms with Gasteiger partial charge in [0.2, 0.25) is 0 Å². The number of fused-ring (bicyclic) bond motifs is 1. The molecule has 2 heterocycles. The highest BCUT2D eigenvalue weighted by Crippen LogP contribution is 2.38. The fraction of sp³-hybridized carbons (Fsp3) is 0.417. The number of ether oxygens (including phenoxy) is 3. The predicted octanol–water partition coefficient (Wildman–Crippen LogP) is 3.73. The number of nitrogens with one attached hydrogen (secondary N) is 1. The Morgan fingerprint density at radius 1 is 1.31 bits per heavy atom. The molecule has 1 aromatic carbocycles. The first-order chi connectivity index (χ1) is 15.4. The van der Waals surface area contributed by atoms with E-state index in [1.165, 1.54) is 6.20 Å². The molecule has 1 aliphatic rings. The van der Waals surface area contributed by atoms with E-state index >= 15 is 0 Å². The molecule has 0 aliphatic carbocycles. The van der Waals surface area contributed by atoms with Gasteiger partial charge in [-0.05, 0) is 36.9 Å². The molecule has 3 rings (SSSR count). The summed E-state index contributed by atoms with van der Waals surface area (Å²) in [5, 5.41) is 9.19. The van der Waals surface area contributed by atoms with Crippen molar-refractivity contribution in [2.24, 2.45) is 10.7 Å². The van der Waals surface area contributed by atoms with Gasteiger partial charge in [-0.2, -0.15) is 4.98 Å². The summed E-state index contributed by atoms with van der Waals surface area (Å²) in [4.78, 5) is 7.68. The number of pyridine rings is 1. The third-order valence-electron chi connectivity index (χ3n) is 5.23. The molecule has 0 bridgehead atoms. The van der Waals surface area contributed by atoms with Crippen LogP contribution in [0.3, 0.4) is 0 Å². The molecule has 2 aromatic rings. The molecule has 32 heavy (non-hydrogen) atoms. The number of aliphatic hydroxyl groups is 1. The van der Waals surface area contributed by atoms with Gasteiger partial charge < -0.3 is 25.1 Å². The van der Waals surface area contributed by atoms with E-state index in [1.54, 1.807) is 6.08 Å². The maximum atomic E-state index is 9.19. The Morgan fingerprint density at radius 2 is 2.16 bits per heavy atom. The van der Waals surface area contributed by atoms with E-state index in [4.69, 9.17) is 19.9 Å². The summed E-state index contributed by atoms with van der Waals surface area (Å²) < 4.78 is 17.4. The maximum Gasteiger partial charge on any atom is 0.371 e. The quantitative estimate of drug-likeness (QED) is 0.305. The van der Waals surface area contributed by atoms with Crippen molar-refractivity contribution in [2.75, 3.05) is 26.6 Å². The lowest BCUT2D eigenvalue weighted by atomic mass is 9.98. The first kappa shape index (κ1) is 24.0. The number of hydrogen-bond acceptors (Lipinski definition) is 6. The summed E-state index contributed by atoms with van der Waals surface area (Å²) in [7, 11) is -1.11. The van der Waals surface area contributed by atoms with Crippen LogP contribution in [0.5, 0.6) is 17.4 Å². The molecule has 1 unspecified atom stereocenters. The number of aliphatic imine (C=N–C) groups is 1. The highest BCUT2D eigenvalue weighted by atomic mass is 28.3. The van der Waals surface area contributed by atoms with E-state index in [2.05, 4.69) is 29.6 Å². The molecule has 0 fully saturated rings. The Labute approximate surface area is 191 Å². The second-order valence-corrected chi connectivity index (χ2v) is 14.6. The molecule has 0 spiro atoms. The predicted molar refractivity (Wildman–Crippen MR) is 128 cm³/mol. The molecule has 1 aromatic heterocycles. The molecule has 1 atom stereocenters. The minimum atomic E-state index is -1.11. The van der Waals surface area contributed by atoms with Crippen molar-refractivity contribution in [3.63, 3.8) is 0 Å². The highest BCUT2D eigenvalue weighted by Gasteiger charge is 2.24. The van der Waals surface area contributed by atoms with Crippen molar-refractivity contribution >= 4 is 13.8 Å². The van der Waals surface area contributed by atoms with E-state index in [0.29, 0.717) is 31.4 Å². The number of aliphatic hydroxyl groups excluding tert-OH is 1. The Morgan fingerprint density at radius 3 is 2.84 bits per heavy atom. The van der Waals surface area contributed by atoms with Gasteiger partial charge in [0.25, 0.3) is 0 Å². The zero-order chi connectivity index (χ0) is 23.0. The van der Waals surface area contributed by atoms with Crippen LogP contribution in [-0.2, 0) is 4.74 Å². The standard InChI is InChI=1S/C24H33N3O4Si/c1-32(2,3)13-12-29-17-27-22(8-10-25)18-4-7-24(26-15-18)31-20-5-6-21-19(9-11-28)16-30-23(21)14-20/h4-8,10,14-15,19,28H,9,11-13,16-17,25H2,1-3H3/p+1/b10-8-,27-22-. The number of H-pyrrole nitrogens is 1.